The van der Waals surface area contributed by atoms with Crippen LogP contribution < -0.4 is 5.32 Å². The molecule has 3 aromatic rings. The molecule has 2 aromatic heterocycles. The number of thiophene rings is 1. The molecule has 1 aliphatic heterocycles. The lowest BCUT2D eigenvalue weighted by molar-refractivity contribution is -0.115. The minimum absolute atomic E-state index is 0.120. The summed E-state index contributed by atoms with van der Waals surface area (Å²) >= 11 is 1.54. The van der Waals surface area contributed by atoms with Crippen molar-refractivity contribution in [3.63, 3.8) is 0 Å². The third kappa shape index (κ3) is 3.53. The van der Waals surface area contributed by atoms with Crippen LogP contribution in [-0.4, -0.2) is 20.7 Å². The Labute approximate surface area is 154 Å². The van der Waals surface area contributed by atoms with E-state index < -0.39 is 0 Å². The van der Waals surface area contributed by atoms with Crippen LogP contribution >= 0.6 is 11.3 Å². The highest BCUT2D eigenvalue weighted by Gasteiger charge is 2.19. The van der Waals surface area contributed by atoms with Crippen LogP contribution in [-0.2, 0) is 24.2 Å². The first kappa shape index (κ1) is 16.9. The monoisotopic (exact) mass is 370 g/mol. The summed E-state index contributed by atoms with van der Waals surface area (Å²) in [7, 11) is 0. The zero-order valence-electron chi connectivity index (χ0n) is 14.2. The SMILES string of the molecule is O=C(Cc1cccs1)Nc1ccc(F)c(-c2nnc3n2CCCCC3)c1. The Morgan fingerprint density at radius 3 is 3.00 bits per heavy atom. The van der Waals surface area contributed by atoms with Crippen molar-refractivity contribution in [3.05, 3.63) is 52.2 Å². The molecule has 5 nitrogen and oxygen atoms in total. The lowest BCUT2D eigenvalue weighted by Gasteiger charge is -2.10. The van der Waals surface area contributed by atoms with Gasteiger partial charge in [0.05, 0.1) is 12.0 Å². The molecule has 1 aromatic carbocycles. The maximum atomic E-state index is 14.5. The average Bonchev–Trinajstić information content (AvgIpc) is 3.21. The second-order valence-corrected chi connectivity index (χ2v) is 7.43. The van der Waals surface area contributed by atoms with Gasteiger partial charge >= 0.3 is 0 Å². The molecule has 0 bridgehead atoms. The normalized spacial score (nSPS) is 13.9. The van der Waals surface area contributed by atoms with Crippen LogP contribution in [0.5, 0.6) is 0 Å². The number of benzene rings is 1. The summed E-state index contributed by atoms with van der Waals surface area (Å²) in [4.78, 5) is 13.2. The topological polar surface area (TPSA) is 59.8 Å². The van der Waals surface area contributed by atoms with E-state index in [1.165, 1.54) is 6.07 Å². The van der Waals surface area contributed by atoms with Crippen LogP contribution in [0.2, 0.25) is 0 Å². The van der Waals surface area contributed by atoms with Gasteiger partial charge in [0, 0.05) is 23.5 Å². The van der Waals surface area contributed by atoms with Crippen LogP contribution in [0.15, 0.2) is 35.7 Å². The lowest BCUT2D eigenvalue weighted by Crippen LogP contribution is -2.14. The second-order valence-electron chi connectivity index (χ2n) is 6.40. The van der Waals surface area contributed by atoms with E-state index >= 15 is 0 Å². The zero-order valence-corrected chi connectivity index (χ0v) is 15.1. The lowest BCUT2D eigenvalue weighted by atomic mass is 10.1. The summed E-state index contributed by atoms with van der Waals surface area (Å²) < 4.78 is 16.5. The Morgan fingerprint density at radius 1 is 1.23 bits per heavy atom. The molecule has 134 valence electrons. The number of aromatic nitrogens is 3. The Kier molecular flexibility index (Phi) is 4.79. The highest BCUT2D eigenvalue weighted by atomic mass is 32.1. The van der Waals surface area contributed by atoms with E-state index in [1.54, 1.807) is 23.5 Å². The number of carbonyl (C=O) groups is 1. The number of hydrogen-bond acceptors (Lipinski definition) is 4. The number of rotatable bonds is 4. The van der Waals surface area contributed by atoms with Crippen LogP contribution in [0.4, 0.5) is 10.1 Å². The molecule has 0 fully saturated rings. The minimum Gasteiger partial charge on any atom is -0.326 e. The van der Waals surface area contributed by atoms with Crippen molar-refractivity contribution in [2.75, 3.05) is 5.32 Å². The number of carbonyl (C=O) groups excluding carboxylic acids is 1. The Balaban J connectivity index is 1.59. The van der Waals surface area contributed by atoms with Crippen LogP contribution in [0.1, 0.15) is 30.0 Å². The highest BCUT2D eigenvalue weighted by Crippen LogP contribution is 2.27. The van der Waals surface area contributed by atoms with Crippen molar-refractivity contribution in [1.82, 2.24) is 14.8 Å². The maximum Gasteiger partial charge on any atom is 0.229 e. The number of fused-ring (bicyclic) bond motifs is 1. The molecule has 1 aliphatic rings. The van der Waals surface area contributed by atoms with Gasteiger partial charge in [0.1, 0.15) is 11.6 Å². The Hall–Kier alpha value is -2.54. The minimum atomic E-state index is -0.360. The number of nitrogens with one attached hydrogen (secondary N) is 1. The van der Waals surface area contributed by atoms with E-state index in [0.717, 1.165) is 42.9 Å². The Morgan fingerprint density at radius 2 is 2.15 bits per heavy atom. The van der Waals surface area contributed by atoms with E-state index in [2.05, 4.69) is 15.5 Å². The summed E-state index contributed by atoms with van der Waals surface area (Å²) in [6.07, 6.45) is 4.44. The molecule has 7 heteroatoms. The van der Waals surface area contributed by atoms with Crippen molar-refractivity contribution in [3.8, 4) is 11.4 Å². The van der Waals surface area contributed by atoms with Crippen molar-refractivity contribution in [2.24, 2.45) is 0 Å². The van der Waals surface area contributed by atoms with Gasteiger partial charge in [-0.25, -0.2) is 4.39 Å². The average molecular weight is 370 g/mol. The molecular formula is C19H19FN4OS. The molecule has 0 atom stereocenters. The quantitative estimate of drug-likeness (QED) is 0.754. The van der Waals surface area contributed by atoms with Gasteiger partial charge < -0.3 is 9.88 Å². The fourth-order valence-electron chi connectivity index (χ4n) is 3.24. The number of amides is 1. The van der Waals surface area contributed by atoms with E-state index in [0.29, 0.717) is 23.5 Å². The van der Waals surface area contributed by atoms with Crippen LogP contribution in [0.25, 0.3) is 11.4 Å². The smallest absolute Gasteiger partial charge is 0.229 e. The zero-order chi connectivity index (χ0) is 17.9. The molecule has 1 N–H and O–H groups in total. The van der Waals surface area contributed by atoms with E-state index in [4.69, 9.17) is 0 Å². The largest absolute Gasteiger partial charge is 0.326 e. The van der Waals surface area contributed by atoms with Crippen molar-refractivity contribution in [1.29, 1.82) is 0 Å². The summed E-state index contributed by atoms with van der Waals surface area (Å²) in [5.41, 5.74) is 0.938. The molecule has 0 spiro atoms. The summed E-state index contributed by atoms with van der Waals surface area (Å²) in [6.45, 7) is 0.798. The van der Waals surface area contributed by atoms with Gasteiger partial charge in [-0.05, 0) is 42.5 Å². The summed E-state index contributed by atoms with van der Waals surface area (Å²) in [5.74, 6) is 0.962. The Bertz CT molecular complexity index is 920. The first-order chi connectivity index (χ1) is 12.7. The van der Waals surface area contributed by atoms with Gasteiger partial charge in [0.25, 0.3) is 0 Å². The third-order valence-corrected chi connectivity index (χ3v) is 5.39. The molecule has 0 radical (unpaired) electrons. The molecule has 26 heavy (non-hydrogen) atoms. The molecule has 0 aliphatic carbocycles. The molecule has 0 saturated carbocycles. The van der Waals surface area contributed by atoms with Gasteiger partial charge in [-0.1, -0.05) is 12.5 Å². The van der Waals surface area contributed by atoms with Gasteiger partial charge in [-0.3, -0.25) is 4.79 Å². The molecule has 1 amide bonds. The first-order valence-corrected chi connectivity index (χ1v) is 9.63. The van der Waals surface area contributed by atoms with Gasteiger partial charge in [0.15, 0.2) is 5.82 Å². The summed E-state index contributed by atoms with van der Waals surface area (Å²) in [5, 5.41) is 13.2. The predicted octanol–water partition coefficient (Wildman–Crippen LogP) is 4.05. The van der Waals surface area contributed by atoms with Crippen LogP contribution in [0.3, 0.4) is 0 Å². The predicted molar refractivity (Wildman–Crippen MR) is 99.6 cm³/mol. The molecular weight excluding hydrogens is 351 g/mol. The molecule has 3 heterocycles. The van der Waals surface area contributed by atoms with Gasteiger partial charge in [-0.15, -0.1) is 21.5 Å². The first-order valence-electron chi connectivity index (χ1n) is 8.75. The fourth-order valence-corrected chi connectivity index (χ4v) is 3.94. The highest BCUT2D eigenvalue weighted by molar-refractivity contribution is 7.10. The molecule has 4 rings (SSSR count). The standard InChI is InChI=1S/C19H19FN4OS/c20-16-8-7-13(21-18(25)12-14-5-4-10-26-14)11-15(16)19-23-22-17-6-2-1-3-9-24(17)19/h4-5,7-8,10-11H,1-3,6,9,12H2,(H,21,25). The van der Waals surface area contributed by atoms with E-state index in [1.807, 2.05) is 22.1 Å². The van der Waals surface area contributed by atoms with Crippen LogP contribution in [0, 0.1) is 5.82 Å². The van der Waals surface area contributed by atoms with E-state index in [-0.39, 0.29) is 11.7 Å². The maximum absolute atomic E-state index is 14.5. The van der Waals surface area contributed by atoms with Crippen molar-refractivity contribution in [2.45, 2.75) is 38.6 Å². The molecule has 0 unspecified atom stereocenters. The number of aryl methyl sites for hydroxylation is 1. The fraction of sp³-hybridized carbons (Fsp3) is 0.316. The third-order valence-electron chi connectivity index (χ3n) is 4.52. The number of nitrogens with zero attached hydrogens (tertiary/aromatic N) is 3. The molecule has 0 saturated heterocycles. The van der Waals surface area contributed by atoms with Crippen molar-refractivity contribution < 1.29 is 9.18 Å². The number of anilines is 1. The summed E-state index contributed by atoms with van der Waals surface area (Å²) in [6, 6.07) is 8.43. The van der Waals surface area contributed by atoms with Crippen molar-refractivity contribution >= 4 is 22.9 Å². The van der Waals surface area contributed by atoms with E-state index in [9.17, 15) is 9.18 Å². The van der Waals surface area contributed by atoms with Gasteiger partial charge in [0.2, 0.25) is 5.91 Å². The number of hydrogen-bond donors (Lipinski definition) is 1. The second kappa shape index (κ2) is 7.37. The number of halogens is 1. The van der Waals surface area contributed by atoms with Gasteiger partial charge in [-0.2, -0.15) is 0 Å².